The van der Waals surface area contributed by atoms with E-state index in [0.717, 1.165) is 29.2 Å². The van der Waals surface area contributed by atoms with Gasteiger partial charge in [0.2, 0.25) is 0 Å². The average molecular weight is 347 g/mol. The molecule has 0 amide bonds. The molecular formula is C18H23ClN4O. The molecule has 2 aromatic rings. The van der Waals surface area contributed by atoms with E-state index in [9.17, 15) is 4.79 Å². The van der Waals surface area contributed by atoms with Crippen molar-refractivity contribution in [2.75, 3.05) is 6.54 Å². The van der Waals surface area contributed by atoms with Crippen LogP contribution in [0.5, 0.6) is 0 Å². The van der Waals surface area contributed by atoms with Crippen LogP contribution in [0.3, 0.4) is 0 Å². The molecule has 0 saturated heterocycles. The molecule has 3 heterocycles. The van der Waals surface area contributed by atoms with Gasteiger partial charge in [-0.1, -0.05) is 18.2 Å². The molecule has 2 aromatic heterocycles. The first-order chi connectivity index (χ1) is 11.1. The monoisotopic (exact) mass is 346 g/mol. The van der Waals surface area contributed by atoms with Gasteiger partial charge in [-0.2, -0.15) is 0 Å². The Labute approximate surface area is 148 Å². The number of rotatable bonds is 4. The number of nitrogens with one attached hydrogen (secondary N) is 1. The normalized spacial score (nSPS) is 13.8. The zero-order valence-electron chi connectivity index (χ0n) is 14.2. The summed E-state index contributed by atoms with van der Waals surface area (Å²) in [6, 6.07) is 4.21. The first-order valence-electron chi connectivity index (χ1n) is 7.91. The fourth-order valence-corrected chi connectivity index (χ4v) is 2.85. The molecule has 0 spiro atoms. The van der Waals surface area contributed by atoms with E-state index in [1.54, 1.807) is 17.1 Å². The third-order valence-corrected chi connectivity index (χ3v) is 4.13. The van der Waals surface area contributed by atoms with E-state index < -0.39 is 0 Å². The molecule has 0 radical (unpaired) electrons. The maximum absolute atomic E-state index is 12.9. The van der Waals surface area contributed by atoms with E-state index in [-0.39, 0.29) is 18.0 Å². The minimum Gasteiger partial charge on any atom is -0.350 e. The van der Waals surface area contributed by atoms with Crippen LogP contribution in [0.15, 0.2) is 47.5 Å². The summed E-state index contributed by atoms with van der Waals surface area (Å²) in [5.74, 6) is 0.896. The molecule has 0 aliphatic carbocycles. The van der Waals surface area contributed by atoms with Gasteiger partial charge < -0.3 is 4.90 Å². The molecule has 0 fully saturated rings. The molecule has 0 atom stereocenters. The van der Waals surface area contributed by atoms with E-state index in [4.69, 9.17) is 0 Å². The van der Waals surface area contributed by atoms with Gasteiger partial charge in [0.1, 0.15) is 5.82 Å². The predicted octanol–water partition coefficient (Wildman–Crippen LogP) is 2.97. The first-order valence-corrected chi connectivity index (χ1v) is 7.91. The number of allylic oxidation sites excluding steroid dienone is 2. The summed E-state index contributed by atoms with van der Waals surface area (Å²) in [5.41, 5.74) is 2.74. The number of aromatic nitrogens is 3. The van der Waals surface area contributed by atoms with Gasteiger partial charge in [0.15, 0.2) is 0 Å². The second kappa shape index (κ2) is 7.53. The third kappa shape index (κ3) is 3.46. The van der Waals surface area contributed by atoms with Crippen LogP contribution in [0.4, 0.5) is 0 Å². The summed E-state index contributed by atoms with van der Waals surface area (Å²) in [6.07, 6.45) is 10.2. The van der Waals surface area contributed by atoms with Gasteiger partial charge in [-0.3, -0.25) is 14.9 Å². The zero-order chi connectivity index (χ0) is 16.4. The Balaban J connectivity index is 0.00000208. The number of hydrogen-bond acceptors (Lipinski definition) is 3. The smallest absolute Gasteiger partial charge is 0.276 e. The summed E-state index contributed by atoms with van der Waals surface area (Å²) in [4.78, 5) is 19.2. The van der Waals surface area contributed by atoms with Crippen molar-refractivity contribution in [1.82, 2.24) is 19.7 Å². The minimum absolute atomic E-state index is 0. The Morgan fingerprint density at radius 2 is 2.17 bits per heavy atom. The summed E-state index contributed by atoms with van der Waals surface area (Å²) < 4.78 is 1.66. The molecule has 24 heavy (non-hydrogen) atoms. The number of aryl methyl sites for hydroxylation is 1. The summed E-state index contributed by atoms with van der Waals surface area (Å²) in [5, 5.41) is 3.23. The van der Waals surface area contributed by atoms with Gasteiger partial charge in [-0.05, 0) is 38.5 Å². The standard InChI is InChI=1S/C18H22N4O.ClH/c1-13(2)21-10-5-4-8-17(21)22-18(23)16(14(3)20-22)11-15-7-6-9-19-12-15;/h4-9,12-13,20H,10-11H2,1-3H3;1H. The highest BCUT2D eigenvalue weighted by Gasteiger charge is 2.20. The lowest BCUT2D eigenvalue weighted by Crippen LogP contribution is -2.36. The van der Waals surface area contributed by atoms with Crippen molar-refractivity contribution < 1.29 is 0 Å². The molecule has 0 bridgehead atoms. The maximum atomic E-state index is 12.9. The van der Waals surface area contributed by atoms with Gasteiger partial charge in [-0.15, -0.1) is 12.4 Å². The van der Waals surface area contributed by atoms with Crippen molar-refractivity contribution in [1.29, 1.82) is 0 Å². The maximum Gasteiger partial charge on any atom is 0.276 e. The van der Waals surface area contributed by atoms with E-state index in [1.165, 1.54) is 0 Å². The van der Waals surface area contributed by atoms with E-state index in [0.29, 0.717) is 12.5 Å². The van der Waals surface area contributed by atoms with E-state index in [1.807, 2.05) is 31.2 Å². The number of hydrogen-bond donors (Lipinski definition) is 1. The lowest BCUT2D eigenvalue weighted by atomic mass is 10.1. The van der Waals surface area contributed by atoms with Crippen molar-refractivity contribution in [3.05, 3.63) is 69.9 Å². The second-order valence-electron chi connectivity index (χ2n) is 6.09. The molecule has 128 valence electrons. The number of pyridine rings is 1. The quantitative estimate of drug-likeness (QED) is 0.926. The van der Waals surface area contributed by atoms with Crippen molar-refractivity contribution in [2.45, 2.75) is 33.2 Å². The van der Waals surface area contributed by atoms with Crippen molar-refractivity contribution in [3.8, 4) is 0 Å². The SMILES string of the molecule is Cc1[nH]n(C2=CC=CCN2C(C)C)c(=O)c1Cc1cccnc1.Cl. The third-order valence-electron chi connectivity index (χ3n) is 4.13. The molecule has 1 N–H and O–H groups in total. The second-order valence-corrected chi connectivity index (χ2v) is 6.09. The highest BCUT2D eigenvalue weighted by molar-refractivity contribution is 5.85. The topological polar surface area (TPSA) is 53.9 Å². The summed E-state index contributed by atoms with van der Waals surface area (Å²) >= 11 is 0. The molecule has 6 heteroatoms. The Hall–Kier alpha value is -2.27. The van der Waals surface area contributed by atoms with Gasteiger partial charge in [0, 0.05) is 42.7 Å². The molecular weight excluding hydrogens is 324 g/mol. The predicted molar refractivity (Wildman–Crippen MR) is 99.3 cm³/mol. The zero-order valence-corrected chi connectivity index (χ0v) is 15.0. The number of H-pyrrole nitrogens is 1. The van der Waals surface area contributed by atoms with Crippen molar-refractivity contribution >= 4 is 18.2 Å². The molecule has 1 aliphatic rings. The lowest BCUT2D eigenvalue weighted by Gasteiger charge is -2.31. The molecule has 1 aliphatic heterocycles. The Morgan fingerprint density at radius 3 is 2.83 bits per heavy atom. The van der Waals surface area contributed by atoms with E-state index in [2.05, 4.69) is 34.9 Å². The molecule has 0 aromatic carbocycles. The van der Waals surface area contributed by atoms with Crippen LogP contribution in [0.1, 0.15) is 30.7 Å². The highest BCUT2D eigenvalue weighted by Crippen LogP contribution is 2.18. The summed E-state index contributed by atoms with van der Waals surface area (Å²) in [6.45, 7) is 7.02. The fourth-order valence-electron chi connectivity index (χ4n) is 2.85. The molecule has 0 saturated carbocycles. The lowest BCUT2D eigenvalue weighted by molar-refractivity contribution is 0.337. The summed E-state index contributed by atoms with van der Waals surface area (Å²) in [7, 11) is 0. The Morgan fingerprint density at radius 1 is 1.38 bits per heavy atom. The van der Waals surface area contributed by atoms with Crippen LogP contribution >= 0.6 is 12.4 Å². The Kier molecular flexibility index (Phi) is 5.67. The van der Waals surface area contributed by atoms with Gasteiger partial charge in [0.25, 0.3) is 5.56 Å². The van der Waals surface area contributed by atoms with Gasteiger partial charge >= 0.3 is 0 Å². The minimum atomic E-state index is 0. The number of halogens is 1. The van der Waals surface area contributed by atoms with Crippen LogP contribution in [0, 0.1) is 6.92 Å². The average Bonchev–Trinajstić information content (AvgIpc) is 2.84. The van der Waals surface area contributed by atoms with Gasteiger partial charge in [0.05, 0.1) is 0 Å². The van der Waals surface area contributed by atoms with Crippen LogP contribution in [-0.2, 0) is 6.42 Å². The fraction of sp³-hybridized carbons (Fsp3) is 0.333. The first kappa shape index (κ1) is 18.1. The van der Waals surface area contributed by atoms with Crippen LogP contribution in [-0.4, -0.2) is 32.3 Å². The number of aromatic amines is 1. The van der Waals surface area contributed by atoms with Gasteiger partial charge in [-0.25, -0.2) is 4.68 Å². The molecule has 3 rings (SSSR count). The molecule has 0 unspecified atom stereocenters. The van der Waals surface area contributed by atoms with Crippen LogP contribution in [0.25, 0.3) is 5.82 Å². The molecule has 5 nitrogen and oxygen atoms in total. The Bertz CT molecular complexity index is 802. The largest absolute Gasteiger partial charge is 0.350 e. The van der Waals surface area contributed by atoms with Crippen LogP contribution < -0.4 is 5.56 Å². The van der Waals surface area contributed by atoms with Crippen molar-refractivity contribution in [3.63, 3.8) is 0 Å². The van der Waals surface area contributed by atoms with Crippen LogP contribution in [0.2, 0.25) is 0 Å². The highest BCUT2D eigenvalue weighted by atomic mass is 35.5. The van der Waals surface area contributed by atoms with E-state index >= 15 is 0 Å². The van der Waals surface area contributed by atoms with Crippen molar-refractivity contribution in [2.24, 2.45) is 0 Å². The number of nitrogens with zero attached hydrogens (tertiary/aromatic N) is 3.